The molecule has 0 radical (unpaired) electrons. The summed E-state index contributed by atoms with van der Waals surface area (Å²) >= 11 is 0. The normalized spacial score (nSPS) is 14.1. The molecule has 2 atom stereocenters. The maximum atomic E-state index is 12.8. The molecule has 0 aliphatic rings. The Kier molecular flexibility index (Phi) is 4.27. The van der Waals surface area contributed by atoms with E-state index >= 15 is 0 Å². The molecule has 1 N–H and O–H groups in total. The average molecular weight is 258 g/mol. The Morgan fingerprint density at radius 1 is 1.05 bits per heavy atom. The van der Waals surface area contributed by atoms with Crippen LogP contribution >= 0.6 is 0 Å². The number of aromatic nitrogens is 1. The molecule has 3 heteroatoms. The van der Waals surface area contributed by atoms with Crippen molar-refractivity contribution in [3.8, 4) is 0 Å². The van der Waals surface area contributed by atoms with Crippen molar-refractivity contribution in [2.75, 3.05) is 0 Å². The van der Waals surface area contributed by atoms with Gasteiger partial charge in [-0.1, -0.05) is 24.3 Å². The van der Waals surface area contributed by atoms with Crippen LogP contribution in [0, 0.1) is 12.7 Å². The number of pyridine rings is 1. The monoisotopic (exact) mass is 258 g/mol. The van der Waals surface area contributed by atoms with Crippen molar-refractivity contribution in [1.29, 1.82) is 0 Å². The van der Waals surface area contributed by atoms with Crippen LogP contribution in [0.5, 0.6) is 0 Å². The Labute approximate surface area is 113 Å². The Morgan fingerprint density at radius 2 is 1.79 bits per heavy atom. The lowest BCUT2D eigenvalue weighted by Crippen LogP contribution is -2.23. The first kappa shape index (κ1) is 13.7. The molecule has 2 rings (SSSR count). The smallest absolute Gasteiger partial charge is 0.141 e. The molecule has 1 aromatic carbocycles. The van der Waals surface area contributed by atoms with Crippen molar-refractivity contribution in [3.63, 3.8) is 0 Å². The van der Waals surface area contributed by atoms with Gasteiger partial charge in [0.05, 0.1) is 11.9 Å². The zero-order chi connectivity index (χ0) is 13.8. The first-order chi connectivity index (χ1) is 9.08. The highest BCUT2D eigenvalue weighted by Crippen LogP contribution is 2.20. The minimum absolute atomic E-state index is 0.0789. The van der Waals surface area contributed by atoms with E-state index in [2.05, 4.69) is 36.3 Å². The topological polar surface area (TPSA) is 24.9 Å². The van der Waals surface area contributed by atoms with Gasteiger partial charge in [-0.25, -0.2) is 4.39 Å². The first-order valence-electron chi connectivity index (χ1n) is 6.51. The molecule has 0 aliphatic carbocycles. The molecule has 1 unspecified atom stereocenters. The van der Waals surface area contributed by atoms with E-state index in [-0.39, 0.29) is 17.9 Å². The molecular weight excluding hydrogens is 239 g/mol. The third-order valence-corrected chi connectivity index (χ3v) is 3.35. The minimum Gasteiger partial charge on any atom is -0.302 e. The largest absolute Gasteiger partial charge is 0.302 e. The van der Waals surface area contributed by atoms with E-state index in [1.54, 1.807) is 6.07 Å². The van der Waals surface area contributed by atoms with Gasteiger partial charge in [0.2, 0.25) is 0 Å². The quantitative estimate of drug-likeness (QED) is 0.898. The summed E-state index contributed by atoms with van der Waals surface area (Å²) < 4.78 is 12.8. The maximum absolute atomic E-state index is 12.8. The molecule has 0 fully saturated rings. The number of nitrogens with zero attached hydrogens (tertiary/aromatic N) is 1. The van der Waals surface area contributed by atoms with Crippen LogP contribution in [0.25, 0.3) is 0 Å². The van der Waals surface area contributed by atoms with Crippen LogP contribution in [-0.4, -0.2) is 4.98 Å². The minimum atomic E-state index is -0.303. The van der Waals surface area contributed by atoms with Crippen molar-refractivity contribution in [3.05, 3.63) is 65.2 Å². The maximum Gasteiger partial charge on any atom is 0.141 e. The number of rotatable bonds is 4. The van der Waals surface area contributed by atoms with Crippen molar-refractivity contribution < 1.29 is 4.39 Å². The lowest BCUT2D eigenvalue weighted by molar-refractivity contribution is 0.483. The summed E-state index contributed by atoms with van der Waals surface area (Å²) in [6.07, 6.45) is 1.26. The molecule has 0 saturated heterocycles. The Bertz CT molecular complexity index is 537. The van der Waals surface area contributed by atoms with Crippen molar-refractivity contribution in [2.45, 2.75) is 32.9 Å². The molecule has 100 valence electrons. The van der Waals surface area contributed by atoms with Gasteiger partial charge in [-0.2, -0.15) is 0 Å². The van der Waals surface area contributed by atoms with Crippen LogP contribution < -0.4 is 5.32 Å². The highest BCUT2D eigenvalue weighted by Gasteiger charge is 2.13. The van der Waals surface area contributed by atoms with Crippen molar-refractivity contribution in [1.82, 2.24) is 10.3 Å². The standard InChI is InChI=1S/C16H19FN2/c1-11-6-4-5-7-15(11)12(2)19-13(3)16-9-8-14(17)10-18-16/h4-10,12-13,19H,1-3H3/t12-,13?/m0/s1. The van der Waals surface area contributed by atoms with Crippen LogP contribution in [0.1, 0.15) is 42.8 Å². The fraction of sp³-hybridized carbons (Fsp3) is 0.312. The van der Waals surface area contributed by atoms with Crippen LogP contribution in [0.15, 0.2) is 42.6 Å². The fourth-order valence-corrected chi connectivity index (χ4v) is 2.27. The number of benzene rings is 1. The zero-order valence-electron chi connectivity index (χ0n) is 11.5. The number of hydrogen-bond acceptors (Lipinski definition) is 2. The predicted molar refractivity (Wildman–Crippen MR) is 75.3 cm³/mol. The molecule has 1 aromatic heterocycles. The summed E-state index contributed by atoms with van der Waals surface area (Å²) in [5.74, 6) is -0.303. The summed E-state index contributed by atoms with van der Waals surface area (Å²) in [6, 6.07) is 11.8. The average Bonchev–Trinajstić information content (AvgIpc) is 2.39. The van der Waals surface area contributed by atoms with Gasteiger partial charge in [0.15, 0.2) is 0 Å². The van der Waals surface area contributed by atoms with Crippen LogP contribution in [0.4, 0.5) is 4.39 Å². The molecule has 0 amide bonds. The number of hydrogen-bond donors (Lipinski definition) is 1. The third kappa shape index (κ3) is 3.38. The lowest BCUT2D eigenvalue weighted by atomic mass is 10.0. The lowest BCUT2D eigenvalue weighted by Gasteiger charge is -2.21. The van der Waals surface area contributed by atoms with E-state index in [0.29, 0.717) is 0 Å². The Morgan fingerprint density at radius 3 is 2.42 bits per heavy atom. The van der Waals surface area contributed by atoms with E-state index in [1.165, 1.54) is 23.4 Å². The Hall–Kier alpha value is -1.74. The van der Waals surface area contributed by atoms with E-state index in [1.807, 2.05) is 19.1 Å². The summed E-state index contributed by atoms with van der Waals surface area (Å²) in [7, 11) is 0. The third-order valence-electron chi connectivity index (χ3n) is 3.35. The molecule has 0 aliphatic heterocycles. The summed E-state index contributed by atoms with van der Waals surface area (Å²) in [5, 5.41) is 3.49. The summed E-state index contributed by atoms with van der Waals surface area (Å²) in [4.78, 5) is 4.11. The van der Waals surface area contributed by atoms with Crippen LogP contribution in [-0.2, 0) is 0 Å². The molecule has 1 heterocycles. The molecule has 0 spiro atoms. The van der Waals surface area contributed by atoms with Gasteiger partial charge in [-0.05, 0) is 44.0 Å². The summed E-state index contributed by atoms with van der Waals surface area (Å²) in [6.45, 7) is 6.27. The van der Waals surface area contributed by atoms with Crippen LogP contribution in [0.3, 0.4) is 0 Å². The molecule has 19 heavy (non-hydrogen) atoms. The van der Waals surface area contributed by atoms with Gasteiger partial charge in [-0.3, -0.25) is 4.98 Å². The van der Waals surface area contributed by atoms with E-state index in [4.69, 9.17) is 0 Å². The van der Waals surface area contributed by atoms with E-state index < -0.39 is 0 Å². The van der Waals surface area contributed by atoms with Gasteiger partial charge >= 0.3 is 0 Å². The second-order valence-corrected chi connectivity index (χ2v) is 4.87. The molecule has 0 bridgehead atoms. The Balaban J connectivity index is 2.08. The first-order valence-corrected chi connectivity index (χ1v) is 6.51. The number of halogens is 1. The molecular formula is C16H19FN2. The van der Waals surface area contributed by atoms with Gasteiger partial charge in [0.25, 0.3) is 0 Å². The highest BCUT2D eigenvalue weighted by atomic mass is 19.1. The SMILES string of the molecule is Cc1ccccc1[C@H](C)NC(C)c1ccc(F)cn1. The van der Waals surface area contributed by atoms with Crippen molar-refractivity contribution >= 4 is 0 Å². The summed E-state index contributed by atoms with van der Waals surface area (Å²) in [5.41, 5.74) is 3.39. The fourth-order valence-electron chi connectivity index (χ4n) is 2.27. The number of aryl methyl sites for hydroxylation is 1. The second-order valence-electron chi connectivity index (χ2n) is 4.87. The zero-order valence-corrected chi connectivity index (χ0v) is 11.5. The van der Waals surface area contributed by atoms with Crippen LogP contribution in [0.2, 0.25) is 0 Å². The number of nitrogens with one attached hydrogen (secondary N) is 1. The highest BCUT2D eigenvalue weighted by molar-refractivity contribution is 5.28. The second kappa shape index (κ2) is 5.93. The van der Waals surface area contributed by atoms with E-state index in [9.17, 15) is 4.39 Å². The van der Waals surface area contributed by atoms with E-state index in [0.717, 1.165) is 5.69 Å². The van der Waals surface area contributed by atoms with Gasteiger partial charge < -0.3 is 5.32 Å². The molecule has 2 nitrogen and oxygen atoms in total. The predicted octanol–water partition coefficient (Wildman–Crippen LogP) is 3.94. The van der Waals surface area contributed by atoms with Crippen molar-refractivity contribution in [2.24, 2.45) is 0 Å². The molecule has 0 saturated carbocycles. The van der Waals surface area contributed by atoms with Gasteiger partial charge in [0.1, 0.15) is 5.82 Å². The van der Waals surface area contributed by atoms with Gasteiger partial charge in [-0.15, -0.1) is 0 Å². The van der Waals surface area contributed by atoms with Gasteiger partial charge in [0, 0.05) is 12.1 Å². The molecule has 2 aromatic rings.